The number of hydrogen-bond acceptors (Lipinski definition) is 5. The van der Waals surface area contributed by atoms with E-state index < -0.39 is 5.91 Å². The summed E-state index contributed by atoms with van der Waals surface area (Å²) in [4.78, 5) is 17.3. The number of primary amides is 1. The number of nitrogens with two attached hydrogens (primary N) is 2. The summed E-state index contributed by atoms with van der Waals surface area (Å²) in [7, 11) is 0. The van der Waals surface area contributed by atoms with E-state index >= 15 is 0 Å². The molecule has 23 heavy (non-hydrogen) atoms. The van der Waals surface area contributed by atoms with Gasteiger partial charge in [0.15, 0.2) is 0 Å². The number of nitrogen functional groups attached to an aromatic ring is 1. The van der Waals surface area contributed by atoms with Gasteiger partial charge in [0.2, 0.25) is 0 Å². The van der Waals surface area contributed by atoms with Crippen molar-refractivity contribution in [2.24, 2.45) is 5.73 Å². The van der Waals surface area contributed by atoms with Gasteiger partial charge in [-0.25, -0.2) is 4.98 Å². The first-order valence-corrected chi connectivity index (χ1v) is 8.90. The van der Waals surface area contributed by atoms with Crippen molar-refractivity contribution in [3.63, 3.8) is 0 Å². The summed E-state index contributed by atoms with van der Waals surface area (Å²) in [6.07, 6.45) is 6.00. The molecule has 1 amide bonds. The molecule has 2 aromatic rings. The SMILES string of the molecule is CCC(C)(C)NC1CCc2cnc3sc(C(N)=O)c(N)c3c2C1. The highest BCUT2D eigenvalue weighted by Crippen LogP contribution is 2.38. The Morgan fingerprint density at radius 3 is 2.91 bits per heavy atom. The molecule has 0 radical (unpaired) electrons. The monoisotopic (exact) mass is 332 g/mol. The Kier molecular flexibility index (Phi) is 4.06. The largest absolute Gasteiger partial charge is 0.397 e. The van der Waals surface area contributed by atoms with Gasteiger partial charge >= 0.3 is 0 Å². The lowest BCUT2D eigenvalue weighted by molar-refractivity contribution is 0.100. The average molecular weight is 332 g/mol. The molecule has 1 aliphatic rings. The highest BCUT2D eigenvalue weighted by Gasteiger charge is 2.28. The van der Waals surface area contributed by atoms with Crippen molar-refractivity contribution in [3.8, 4) is 0 Å². The molecule has 1 unspecified atom stereocenters. The predicted octanol–water partition coefficient (Wildman–Crippen LogP) is 2.61. The van der Waals surface area contributed by atoms with Crippen LogP contribution in [0.5, 0.6) is 0 Å². The maximum Gasteiger partial charge on any atom is 0.260 e. The Morgan fingerprint density at radius 1 is 1.52 bits per heavy atom. The second-order valence-corrected chi connectivity index (χ2v) is 7.97. The number of hydrogen-bond donors (Lipinski definition) is 3. The molecule has 6 heteroatoms. The summed E-state index contributed by atoms with van der Waals surface area (Å²) in [5.41, 5.74) is 14.7. The maximum absolute atomic E-state index is 11.6. The summed E-state index contributed by atoms with van der Waals surface area (Å²) in [5.74, 6) is -0.475. The van der Waals surface area contributed by atoms with Crippen LogP contribution in [-0.2, 0) is 12.8 Å². The topological polar surface area (TPSA) is 94.0 Å². The van der Waals surface area contributed by atoms with E-state index in [4.69, 9.17) is 11.5 Å². The van der Waals surface area contributed by atoms with Crippen molar-refractivity contribution in [1.29, 1.82) is 0 Å². The number of rotatable bonds is 4. The van der Waals surface area contributed by atoms with Crippen molar-refractivity contribution in [2.45, 2.75) is 58.0 Å². The summed E-state index contributed by atoms with van der Waals surface area (Å²) >= 11 is 1.29. The zero-order chi connectivity index (χ0) is 16.8. The minimum Gasteiger partial charge on any atom is -0.397 e. The fourth-order valence-electron chi connectivity index (χ4n) is 3.28. The number of carbonyl (C=O) groups is 1. The number of nitrogens with zero attached hydrogens (tertiary/aromatic N) is 1. The van der Waals surface area contributed by atoms with Crippen LogP contribution < -0.4 is 16.8 Å². The van der Waals surface area contributed by atoms with Crippen molar-refractivity contribution in [3.05, 3.63) is 22.2 Å². The van der Waals surface area contributed by atoms with E-state index in [2.05, 4.69) is 31.1 Å². The summed E-state index contributed by atoms with van der Waals surface area (Å²) in [6, 6.07) is 0.416. The van der Waals surface area contributed by atoms with Gasteiger partial charge in [-0.2, -0.15) is 0 Å². The highest BCUT2D eigenvalue weighted by atomic mass is 32.1. The number of amides is 1. The fourth-order valence-corrected chi connectivity index (χ4v) is 4.22. The molecule has 5 nitrogen and oxygen atoms in total. The maximum atomic E-state index is 11.6. The van der Waals surface area contributed by atoms with E-state index in [0.29, 0.717) is 16.6 Å². The number of carbonyl (C=O) groups excluding carboxylic acids is 1. The van der Waals surface area contributed by atoms with Crippen molar-refractivity contribution in [2.75, 3.05) is 5.73 Å². The van der Waals surface area contributed by atoms with E-state index in [1.165, 1.54) is 22.5 Å². The zero-order valence-corrected chi connectivity index (χ0v) is 14.7. The van der Waals surface area contributed by atoms with Crippen LogP contribution in [0.25, 0.3) is 10.2 Å². The van der Waals surface area contributed by atoms with Crippen LogP contribution in [0.1, 0.15) is 54.4 Å². The molecular formula is C17H24N4OS. The van der Waals surface area contributed by atoms with Gasteiger partial charge in [0.1, 0.15) is 9.71 Å². The lowest BCUT2D eigenvalue weighted by Gasteiger charge is -2.34. The van der Waals surface area contributed by atoms with Gasteiger partial charge in [-0.15, -0.1) is 11.3 Å². The van der Waals surface area contributed by atoms with Gasteiger partial charge in [0, 0.05) is 23.2 Å². The molecule has 5 N–H and O–H groups in total. The third-order valence-corrected chi connectivity index (χ3v) is 6.00. The van der Waals surface area contributed by atoms with E-state index in [0.717, 1.165) is 35.9 Å². The first-order chi connectivity index (χ1) is 10.8. The van der Waals surface area contributed by atoms with Crippen molar-refractivity contribution < 1.29 is 4.79 Å². The van der Waals surface area contributed by atoms with Gasteiger partial charge in [-0.3, -0.25) is 4.79 Å². The summed E-state index contributed by atoms with van der Waals surface area (Å²) in [5, 5.41) is 4.68. The van der Waals surface area contributed by atoms with Crippen LogP contribution in [0.4, 0.5) is 5.69 Å². The quantitative estimate of drug-likeness (QED) is 0.802. The molecule has 0 bridgehead atoms. The van der Waals surface area contributed by atoms with Gasteiger partial charge in [-0.1, -0.05) is 6.92 Å². The molecule has 2 heterocycles. The Labute approximate surface area is 140 Å². The lowest BCUT2D eigenvalue weighted by atomic mass is 9.86. The summed E-state index contributed by atoms with van der Waals surface area (Å²) in [6.45, 7) is 6.66. The molecule has 0 fully saturated rings. The molecular weight excluding hydrogens is 308 g/mol. The third-order valence-electron chi connectivity index (χ3n) is 4.87. The molecule has 0 aliphatic heterocycles. The van der Waals surface area contributed by atoms with E-state index in [1.807, 2.05) is 6.20 Å². The van der Waals surface area contributed by atoms with Gasteiger partial charge in [0.05, 0.1) is 5.69 Å². The number of fused-ring (bicyclic) bond motifs is 3. The molecule has 0 spiro atoms. The highest BCUT2D eigenvalue weighted by molar-refractivity contribution is 7.21. The first kappa shape index (κ1) is 16.2. The number of thiophene rings is 1. The molecule has 2 aromatic heterocycles. The third kappa shape index (κ3) is 2.93. The summed E-state index contributed by atoms with van der Waals surface area (Å²) < 4.78 is 0. The standard InChI is InChI=1S/C17H24N4OS/c1-4-17(2,3)21-10-6-5-9-8-20-16-12(11(9)7-10)13(18)14(23-16)15(19)22/h8,10,21H,4-7,18H2,1-3H3,(H2,19,22). The number of pyridine rings is 1. The molecule has 3 rings (SSSR count). The smallest absolute Gasteiger partial charge is 0.260 e. The van der Waals surface area contributed by atoms with E-state index in [-0.39, 0.29) is 5.54 Å². The minimum atomic E-state index is -0.475. The van der Waals surface area contributed by atoms with Gasteiger partial charge in [-0.05, 0) is 50.7 Å². The van der Waals surface area contributed by atoms with Crippen molar-refractivity contribution in [1.82, 2.24) is 10.3 Å². The number of anilines is 1. The van der Waals surface area contributed by atoms with Crippen LogP contribution in [0, 0.1) is 0 Å². The number of aryl methyl sites for hydroxylation is 1. The molecule has 124 valence electrons. The van der Waals surface area contributed by atoms with Gasteiger partial charge < -0.3 is 16.8 Å². The number of nitrogens with one attached hydrogen (secondary N) is 1. The Bertz CT molecular complexity index is 766. The normalized spacial score (nSPS) is 18.1. The zero-order valence-electron chi connectivity index (χ0n) is 13.9. The lowest BCUT2D eigenvalue weighted by Crippen LogP contribution is -2.47. The van der Waals surface area contributed by atoms with E-state index in [1.54, 1.807) is 0 Å². The molecule has 1 atom stereocenters. The number of aromatic nitrogens is 1. The molecule has 0 saturated heterocycles. The Hall–Kier alpha value is -1.66. The second-order valence-electron chi connectivity index (χ2n) is 6.97. The minimum absolute atomic E-state index is 0.118. The molecule has 0 saturated carbocycles. The van der Waals surface area contributed by atoms with Crippen LogP contribution in [0.2, 0.25) is 0 Å². The van der Waals surface area contributed by atoms with Gasteiger partial charge in [0.25, 0.3) is 5.91 Å². The fraction of sp³-hybridized carbons (Fsp3) is 0.529. The predicted molar refractivity (Wildman–Crippen MR) is 95.9 cm³/mol. The first-order valence-electron chi connectivity index (χ1n) is 8.08. The van der Waals surface area contributed by atoms with Crippen LogP contribution in [-0.4, -0.2) is 22.5 Å². The second kappa shape index (κ2) is 5.76. The van der Waals surface area contributed by atoms with Crippen molar-refractivity contribution >= 4 is 33.1 Å². The molecule has 0 aromatic carbocycles. The Balaban J connectivity index is 2.02. The van der Waals surface area contributed by atoms with Crippen LogP contribution in [0.3, 0.4) is 0 Å². The van der Waals surface area contributed by atoms with Crippen LogP contribution in [0.15, 0.2) is 6.20 Å². The Morgan fingerprint density at radius 2 is 2.26 bits per heavy atom. The van der Waals surface area contributed by atoms with E-state index in [9.17, 15) is 4.79 Å². The molecule has 1 aliphatic carbocycles. The van der Waals surface area contributed by atoms with Crippen LogP contribution >= 0.6 is 11.3 Å². The average Bonchev–Trinajstić information content (AvgIpc) is 2.84.